The van der Waals surface area contributed by atoms with Crippen molar-refractivity contribution >= 4 is 35.0 Å². The molecule has 0 spiro atoms. The molecule has 0 fully saturated rings. The number of carbonyl (C=O) groups is 1. The first-order chi connectivity index (χ1) is 13.9. The van der Waals surface area contributed by atoms with Crippen molar-refractivity contribution in [3.8, 4) is 0 Å². The smallest absolute Gasteiger partial charge is 0.238 e. The van der Waals surface area contributed by atoms with Crippen LogP contribution < -0.4 is 10.6 Å². The number of benzene rings is 3. The fourth-order valence-electron chi connectivity index (χ4n) is 2.84. The topological polar surface area (TPSA) is 41.1 Å². The SMILES string of the molecule is Cc1ccc(Sc2ccc(NC(=O)CN[C@@H](C)c3ccc(Cl)cc3)cc2)cc1C. The molecule has 0 saturated heterocycles. The largest absolute Gasteiger partial charge is 0.325 e. The first-order valence-electron chi connectivity index (χ1n) is 9.54. The maximum absolute atomic E-state index is 12.2. The van der Waals surface area contributed by atoms with Crippen LogP contribution in [0.5, 0.6) is 0 Å². The summed E-state index contributed by atoms with van der Waals surface area (Å²) >= 11 is 7.63. The third-order valence-electron chi connectivity index (χ3n) is 4.79. The molecule has 3 rings (SSSR count). The summed E-state index contributed by atoms with van der Waals surface area (Å²) in [5, 5.41) is 6.87. The molecule has 0 bridgehead atoms. The van der Waals surface area contributed by atoms with E-state index in [1.165, 1.54) is 16.0 Å². The van der Waals surface area contributed by atoms with Crippen LogP contribution in [0.25, 0.3) is 0 Å². The maximum Gasteiger partial charge on any atom is 0.238 e. The van der Waals surface area contributed by atoms with Crippen LogP contribution in [0.4, 0.5) is 5.69 Å². The molecular weight excluding hydrogens is 400 g/mol. The van der Waals surface area contributed by atoms with E-state index in [1.807, 2.05) is 55.5 Å². The fraction of sp³-hybridized carbons (Fsp3) is 0.208. The number of nitrogens with one attached hydrogen (secondary N) is 2. The summed E-state index contributed by atoms with van der Waals surface area (Å²) in [4.78, 5) is 14.6. The Hall–Kier alpha value is -2.27. The molecule has 3 nitrogen and oxygen atoms in total. The number of carbonyl (C=O) groups excluding carboxylic acids is 1. The Balaban J connectivity index is 1.50. The van der Waals surface area contributed by atoms with E-state index in [2.05, 4.69) is 42.7 Å². The van der Waals surface area contributed by atoms with E-state index in [0.717, 1.165) is 16.1 Å². The molecule has 0 aliphatic rings. The highest BCUT2D eigenvalue weighted by atomic mass is 35.5. The van der Waals surface area contributed by atoms with Crippen molar-refractivity contribution in [1.82, 2.24) is 5.32 Å². The number of hydrogen-bond acceptors (Lipinski definition) is 3. The zero-order chi connectivity index (χ0) is 20.8. The van der Waals surface area contributed by atoms with Gasteiger partial charge in [-0.2, -0.15) is 0 Å². The molecule has 0 heterocycles. The highest BCUT2D eigenvalue weighted by Gasteiger charge is 2.08. The van der Waals surface area contributed by atoms with Gasteiger partial charge in [0, 0.05) is 26.5 Å². The van der Waals surface area contributed by atoms with Crippen LogP contribution >= 0.6 is 23.4 Å². The summed E-state index contributed by atoms with van der Waals surface area (Å²) in [7, 11) is 0. The molecular formula is C24H25ClN2OS. The van der Waals surface area contributed by atoms with Crippen molar-refractivity contribution in [2.24, 2.45) is 0 Å². The van der Waals surface area contributed by atoms with Crippen LogP contribution in [0.2, 0.25) is 5.02 Å². The monoisotopic (exact) mass is 424 g/mol. The van der Waals surface area contributed by atoms with Gasteiger partial charge in [0.1, 0.15) is 0 Å². The zero-order valence-corrected chi connectivity index (χ0v) is 18.4. The number of hydrogen-bond donors (Lipinski definition) is 2. The Morgan fingerprint density at radius 3 is 2.24 bits per heavy atom. The van der Waals surface area contributed by atoms with Gasteiger partial charge in [0.2, 0.25) is 5.91 Å². The van der Waals surface area contributed by atoms with E-state index in [-0.39, 0.29) is 18.5 Å². The third-order valence-corrected chi connectivity index (χ3v) is 6.04. The number of rotatable bonds is 7. The lowest BCUT2D eigenvalue weighted by Crippen LogP contribution is -2.30. The minimum absolute atomic E-state index is 0.0646. The van der Waals surface area contributed by atoms with Gasteiger partial charge in [-0.25, -0.2) is 0 Å². The van der Waals surface area contributed by atoms with Crippen molar-refractivity contribution in [2.75, 3.05) is 11.9 Å². The summed E-state index contributed by atoms with van der Waals surface area (Å²) in [6.45, 7) is 6.50. The van der Waals surface area contributed by atoms with E-state index in [9.17, 15) is 4.79 Å². The normalized spacial score (nSPS) is 11.9. The molecule has 0 radical (unpaired) electrons. The van der Waals surface area contributed by atoms with Crippen molar-refractivity contribution in [2.45, 2.75) is 36.6 Å². The van der Waals surface area contributed by atoms with Gasteiger partial charge in [0.15, 0.2) is 0 Å². The van der Waals surface area contributed by atoms with Crippen LogP contribution in [-0.4, -0.2) is 12.5 Å². The van der Waals surface area contributed by atoms with Crippen molar-refractivity contribution in [3.63, 3.8) is 0 Å². The van der Waals surface area contributed by atoms with E-state index >= 15 is 0 Å². The summed E-state index contributed by atoms with van der Waals surface area (Å²) in [5.41, 5.74) is 4.47. The van der Waals surface area contributed by atoms with E-state index in [1.54, 1.807) is 11.8 Å². The molecule has 0 aliphatic carbocycles. The molecule has 1 amide bonds. The number of amides is 1. The Kier molecular flexibility index (Phi) is 7.37. The van der Waals surface area contributed by atoms with E-state index < -0.39 is 0 Å². The van der Waals surface area contributed by atoms with Crippen molar-refractivity contribution < 1.29 is 4.79 Å². The number of aryl methyl sites for hydroxylation is 2. The van der Waals surface area contributed by atoms with Gasteiger partial charge in [-0.3, -0.25) is 4.79 Å². The first kappa shape index (κ1) is 21.4. The Morgan fingerprint density at radius 2 is 1.59 bits per heavy atom. The number of anilines is 1. The average molecular weight is 425 g/mol. The Bertz CT molecular complexity index is 971. The highest BCUT2D eigenvalue weighted by Crippen LogP contribution is 2.29. The molecule has 0 aromatic heterocycles. The van der Waals surface area contributed by atoms with Crippen LogP contribution in [0.1, 0.15) is 29.7 Å². The van der Waals surface area contributed by atoms with Gasteiger partial charge in [-0.05, 0) is 86.0 Å². The second-order valence-electron chi connectivity index (χ2n) is 7.07. The molecule has 0 saturated carbocycles. The minimum Gasteiger partial charge on any atom is -0.325 e. The van der Waals surface area contributed by atoms with Gasteiger partial charge >= 0.3 is 0 Å². The van der Waals surface area contributed by atoms with Crippen LogP contribution in [0, 0.1) is 13.8 Å². The van der Waals surface area contributed by atoms with Gasteiger partial charge in [-0.1, -0.05) is 41.6 Å². The quantitative estimate of drug-likeness (QED) is 0.461. The number of halogens is 1. The predicted molar refractivity (Wildman–Crippen MR) is 123 cm³/mol. The molecule has 5 heteroatoms. The second kappa shape index (κ2) is 9.97. The molecule has 3 aromatic carbocycles. The predicted octanol–water partition coefficient (Wildman–Crippen LogP) is 6.40. The zero-order valence-electron chi connectivity index (χ0n) is 16.8. The van der Waals surface area contributed by atoms with Crippen LogP contribution in [-0.2, 0) is 4.79 Å². The Morgan fingerprint density at radius 1 is 0.931 bits per heavy atom. The highest BCUT2D eigenvalue weighted by molar-refractivity contribution is 7.99. The molecule has 0 aliphatic heterocycles. The van der Waals surface area contributed by atoms with Crippen molar-refractivity contribution in [1.29, 1.82) is 0 Å². The van der Waals surface area contributed by atoms with Gasteiger partial charge in [0.05, 0.1) is 6.54 Å². The van der Waals surface area contributed by atoms with Crippen LogP contribution in [0.3, 0.4) is 0 Å². The van der Waals surface area contributed by atoms with Crippen molar-refractivity contribution in [3.05, 3.63) is 88.4 Å². The molecule has 29 heavy (non-hydrogen) atoms. The molecule has 3 aromatic rings. The van der Waals surface area contributed by atoms with Gasteiger partial charge in [0.25, 0.3) is 0 Å². The van der Waals surface area contributed by atoms with E-state index in [4.69, 9.17) is 11.6 Å². The van der Waals surface area contributed by atoms with E-state index in [0.29, 0.717) is 5.02 Å². The molecule has 0 unspecified atom stereocenters. The third kappa shape index (κ3) is 6.36. The van der Waals surface area contributed by atoms with Crippen LogP contribution in [0.15, 0.2) is 76.5 Å². The second-order valence-corrected chi connectivity index (χ2v) is 8.66. The summed E-state index contributed by atoms with van der Waals surface area (Å²) in [6, 6.07) is 22.1. The molecule has 2 N–H and O–H groups in total. The van der Waals surface area contributed by atoms with Gasteiger partial charge in [-0.15, -0.1) is 0 Å². The fourth-order valence-corrected chi connectivity index (χ4v) is 3.88. The average Bonchev–Trinajstić information content (AvgIpc) is 2.71. The standard InChI is InChI=1S/C24H25ClN2OS/c1-16-4-11-23(14-17(16)2)29-22-12-9-21(10-13-22)27-24(28)15-26-18(3)19-5-7-20(25)8-6-19/h4-14,18,26H,15H2,1-3H3,(H,27,28)/t18-/m0/s1. The summed E-state index contributed by atoms with van der Waals surface area (Å²) < 4.78 is 0. The van der Waals surface area contributed by atoms with Gasteiger partial charge < -0.3 is 10.6 Å². The lowest BCUT2D eigenvalue weighted by molar-refractivity contribution is -0.115. The maximum atomic E-state index is 12.2. The summed E-state index contributed by atoms with van der Waals surface area (Å²) in [6.07, 6.45) is 0. The first-order valence-corrected chi connectivity index (χ1v) is 10.7. The lowest BCUT2D eigenvalue weighted by Gasteiger charge is -2.14. The Labute approximate surface area is 181 Å². The lowest BCUT2D eigenvalue weighted by atomic mass is 10.1. The molecule has 150 valence electrons. The minimum atomic E-state index is -0.0691. The molecule has 1 atom stereocenters. The summed E-state index contributed by atoms with van der Waals surface area (Å²) in [5.74, 6) is -0.0691.